The molecule has 0 aliphatic rings. The normalized spacial score (nSPS) is 9.75. The van der Waals surface area contributed by atoms with Crippen LogP contribution in [0.4, 0.5) is 0 Å². The maximum absolute atomic E-state index is 11.2. The number of hydrogen-bond donors (Lipinski definition) is 1. The van der Waals surface area contributed by atoms with Gasteiger partial charge in [-0.1, -0.05) is 37.8 Å². The van der Waals surface area contributed by atoms with Crippen LogP contribution in [0.25, 0.3) is 0 Å². The average Bonchev–Trinajstić information content (AvgIpc) is 2.29. The third-order valence-corrected chi connectivity index (χ3v) is 2.61. The molecule has 0 fully saturated rings. The van der Waals surface area contributed by atoms with E-state index in [1.54, 1.807) is 6.07 Å². The van der Waals surface area contributed by atoms with Gasteiger partial charge in [0.15, 0.2) is 0 Å². The largest absolute Gasteiger partial charge is 0.366 e. The summed E-state index contributed by atoms with van der Waals surface area (Å²) in [6, 6.07) is 5.49. The lowest BCUT2D eigenvalue weighted by Crippen LogP contribution is -2.14. The standard InChI is InChI=1S/C14H17NO/c1-3-5-6-8-11-9-7-10-13(14(15)16)12(11)4-2/h2,7,9-10H,3,5-6,8H2,1H3,(H2,15,16). The molecular formula is C14H17NO. The summed E-state index contributed by atoms with van der Waals surface area (Å²) in [5.41, 5.74) is 7.44. The number of carbonyl (C=O) groups excluding carboxylic acids is 1. The van der Waals surface area contributed by atoms with E-state index >= 15 is 0 Å². The van der Waals surface area contributed by atoms with Gasteiger partial charge in [0.25, 0.3) is 0 Å². The summed E-state index contributed by atoms with van der Waals surface area (Å²) in [5.74, 6) is 2.12. The van der Waals surface area contributed by atoms with Crippen LogP contribution in [0.1, 0.15) is 47.7 Å². The molecule has 84 valence electrons. The third kappa shape index (κ3) is 2.87. The molecule has 0 aromatic heterocycles. The Morgan fingerprint density at radius 2 is 2.19 bits per heavy atom. The van der Waals surface area contributed by atoms with Crippen molar-refractivity contribution >= 4 is 5.91 Å². The predicted octanol–water partition coefficient (Wildman–Crippen LogP) is 2.50. The third-order valence-electron chi connectivity index (χ3n) is 2.61. The highest BCUT2D eigenvalue weighted by Gasteiger charge is 2.09. The van der Waals surface area contributed by atoms with Crippen LogP contribution in [0.5, 0.6) is 0 Å². The first kappa shape index (κ1) is 12.3. The average molecular weight is 215 g/mol. The van der Waals surface area contributed by atoms with Crippen molar-refractivity contribution in [3.63, 3.8) is 0 Å². The molecule has 0 atom stereocenters. The molecule has 0 heterocycles. The van der Waals surface area contributed by atoms with Crippen molar-refractivity contribution < 1.29 is 4.79 Å². The summed E-state index contributed by atoms with van der Waals surface area (Å²) in [6.45, 7) is 2.15. The highest BCUT2D eigenvalue weighted by Crippen LogP contribution is 2.16. The van der Waals surface area contributed by atoms with E-state index in [1.165, 1.54) is 12.8 Å². The van der Waals surface area contributed by atoms with Crippen molar-refractivity contribution in [3.05, 3.63) is 34.9 Å². The zero-order valence-electron chi connectivity index (χ0n) is 9.62. The SMILES string of the molecule is C#Cc1c(CCCCC)cccc1C(N)=O. The summed E-state index contributed by atoms with van der Waals surface area (Å²) in [6.07, 6.45) is 9.78. The molecule has 16 heavy (non-hydrogen) atoms. The van der Waals surface area contributed by atoms with Crippen LogP contribution < -0.4 is 5.73 Å². The fourth-order valence-corrected chi connectivity index (χ4v) is 1.75. The molecule has 0 unspecified atom stereocenters. The molecule has 2 nitrogen and oxygen atoms in total. The summed E-state index contributed by atoms with van der Waals surface area (Å²) >= 11 is 0. The monoisotopic (exact) mass is 215 g/mol. The zero-order valence-corrected chi connectivity index (χ0v) is 9.62. The molecule has 0 aliphatic heterocycles. The second-order valence-corrected chi connectivity index (χ2v) is 3.81. The van der Waals surface area contributed by atoms with Gasteiger partial charge in [0.05, 0.1) is 5.56 Å². The molecule has 0 aliphatic carbocycles. The van der Waals surface area contributed by atoms with Crippen LogP contribution in [0.3, 0.4) is 0 Å². The van der Waals surface area contributed by atoms with Crippen molar-refractivity contribution in [2.75, 3.05) is 0 Å². The van der Waals surface area contributed by atoms with Gasteiger partial charge in [-0.2, -0.15) is 0 Å². The number of carbonyl (C=O) groups is 1. The van der Waals surface area contributed by atoms with Crippen LogP contribution in [0, 0.1) is 12.3 Å². The number of rotatable bonds is 5. The first-order valence-electron chi connectivity index (χ1n) is 5.59. The van der Waals surface area contributed by atoms with Gasteiger partial charge in [-0.05, 0) is 24.5 Å². The van der Waals surface area contributed by atoms with Gasteiger partial charge in [-0.15, -0.1) is 6.42 Å². The minimum atomic E-state index is -0.453. The Labute approximate surface area is 96.9 Å². The van der Waals surface area contributed by atoms with E-state index in [4.69, 9.17) is 12.2 Å². The van der Waals surface area contributed by atoms with Gasteiger partial charge in [0.1, 0.15) is 0 Å². The van der Waals surface area contributed by atoms with E-state index in [1.807, 2.05) is 12.1 Å². The Morgan fingerprint density at radius 3 is 2.75 bits per heavy atom. The highest BCUT2D eigenvalue weighted by atomic mass is 16.1. The van der Waals surface area contributed by atoms with Crippen molar-refractivity contribution in [1.29, 1.82) is 0 Å². The number of benzene rings is 1. The van der Waals surface area contributed by atoms with Gasteiger partial charge < -0.3 is 5.73 Å². The Kier molecular flexibility index (Phi) is 4.60. The van der Waals surface area contributed by atoms with Gasteiger partial charge in [-0.3, -0.25) is 4.79 Å². The molecule has 0 saturated carbocycles. The van der Waals surface area contributed by atoms with E-state index in [2.05, 4.69) is 12.8 Å². The number of terminal acetylenes is 1. The summed E-state index contributed by atoms with van der Waals surface area (Å²) in [5, 5.41) is 0. The number of primary amides is 1. The van der Waals surface area contributed by atoms with E-state index in [-0.39, 0.29) is 0 Å². The molecule has 2 heteroatoms. The first-order chi connectivity index (χ1) is 7.70. The van der Waals surface area contributed by atoms with Crippen LogP contribution in [0.2, 0.25) is 0 Å². The minimum Gasteiger partial charge on any atom is -0.366 e. The summed E-state index contributed by atoms with van der Waals surface area (Å²) < 4.78 is 0. The van der Waals surface area contributed by atoms with Gasteiger partial charge in [-0.25, -0.2) is 0 Å². The maximum atomic E-state index is 11.2. The number of amides is 1. The fourth-order valence-electron chi connectivity index (χ4n) is 1.75. The minimum absolute atomic E-state index is 0.453. The van der Waals surface area contributed by atoms with Crippen LogP contribution >= 0.6 is 0 Å². The number of unbranched alkanes of at least 4 members (excludes halogenated alkanes) is 2. The van der Waals surface area contributed by atoms with Crippen LogP contribution in [-0.2, 0) is 6.42 Å². The lowest BCUT2D eigenvalue weighted by molar-refractivity contribution is 0.1000. The van der Waals surface area contributed by atoms with Crippen LogP contribution in [-0.4, -0.2) is 5.91 Å². The van der Waals surface area contributed by atoms with Gasteiger partial charge in [0, 0.05) is 5.56 Å². The second-order valence-electron chi connectivity index (χ2n) is 3.81. The van der Waals surface area contributed by atoms with Crippen molar-refractivity contribution in [1.82, 2.24) is 0 Å². The molecule has 2 N–H and O–H groups in total. The van der Waals surface area contributed by atoms with Crippen LogP contribution in [0.15, 0.2) is 18.2 Å². The Hall–Kier alpha value is -1.75. The first-order valence-corrected chi connectivity index (χ1v) is 5.59. The van der Waals surface area contributed by atoms with E-state index < -0.39 is 5.91 Å². The maximum Gasteiger partial charge on any atom is 0.249 e. The Morgan fingerprint density at radius 1 is 1.44 bits per heavy atom. The molecular weight excluding hydrogens is 198 g/mol. The molecule has 1 rings (SSSR count). The highest BCUT2D eigenvalue weighted by molar-refractivity contribution is 5.95. The van der Waals surface area contributed by atoms with E-state index in [9.17, 15) is 4.79 Å². The molecule has 0 spiro atoms. The number of aryl methyl sites for hydroxylation is 1. The number of hydrogen-bond acceptors (Lipinski definition) is 1. The van der Waals surface area contributed by atoms with Gasteiger partial charge >= 0.3 is 0 Å². The van der Waals surface area contributed by atoms with Crippen molar-refractivity contribution in [3.8, 4) is 12.3 Å². The van der Waals surface area contributed by atoms with Crippen molar-refractivity contribution in [2.45, 2.75) is 32.6 Å². The fraction of sp³-hybridized carbons (Fsp3) is 0.357. The number of nitrogens with two attached hydrogens (primary N) is 1. The molecule has 0 bridgehead atoms. The predicted molar refractivity (Wildman–Crippen MR) is 66.1 cm³/mol. The topological polar surface area (TPSA) is 43.1 Å². The molecule has 0 radical (unpaired) electrons. The molecule has 1 aromatic carbocycles. The molecule has 1 aromatic rings. The lowest BCUT2D eigenvalue weighted by atomic mass is 9.97. The summed E-state index contributed by atoms with van der Waals surface area (Å²) in [7, 11) is 0. The van der Waals surface area contributed by atoms with E-state index in [0.29, 0.717) is 11.1 Å². The molecule has 0 saturated heterocycles. The Balaban J connectivity index is 2.96. The smallest absolute Gasteiger partial charge is 0.249 e. The second kappa shape index (κ2) is 5.97. The quantitative estimate of drug-likeness (QED) is 0.595. The zero-order chi connectivity index (χ0) is 12.0. The lowest BCUT2D eigenvalue weighted by Gasteiger charge is -2.07. The van der Waals surface area contributed by atoms with Crippen molar-refractivity contribution in [2.24, 2.45) is 5.73 Å². The summed E-state index contributed by atoms with van der Waals surface area (Å²) in [4.78, 5) is 11.2. The Bertz CT molecular complexity index is 415. The van der Waals surface area contributed by atoms with Gasteiger partial charge in [0.2, 0.25) is 5.91 Å². The molecule has 1 amide bonds. The van der Waals surface area contributed by atoms with E-state index in [0.717, 1.165) is 18.4 Å².